The van der Waals surface area contributed by atoms with Crippen LogP contribution in [0.3, 0.4) is 0 Å². The standard InChI is InChI=1S/C37H38O5/c1-2-15-33-35(39-25-30-18-9-4-10-19-30)37(41-27-32-22-13-6-14-23-32)36(40-26-31-20-11-5-12-21-31)34(42-33)28-38-24-29-16-7-3-8-17-29/h3-14,16-23,33-37H,24-28H2,1H3/t33-,34?,35?,36+,37?/m0/s1. The molecule has 5 heteroatoms. The molecule has 42 heavy (non-hydrogen) atoms. The molecule has 216 valence electrons. The Morgan fingerprint density at radius 3 is 1.38 bits per heavy atom. The maximum absolute atomic E-state index is 6.69. The second-order valence-corrected chi connectivity index (χ2v) is 10.3. The van der Waals surface area contributed by atoms with Gasteiger partial charge >= 0.3 is 0 Å². The molecular formula is C37H38O5. The minimum absolute atomic E-state index is 0.326. The minimum Gasteiger partial charge on any atom is -0.374 e. The molecular weight excluding hydrogens is 524 g/mol. The Morgan fingerprint density at radius 1 is 0.524 bits per heavy atom. The van der Waals surface area contributed by atoms with Crippen LogP contribution in [0.5, 0.6) is 0 Å². The van der Waals surface area contributed by atoms with Gasteiger partial charge in [-0.05, 0) is 29.2 Å². The zero-order valence-electron chi connectivity index (χ0n) is 24.0. The molecule has 1 heterocycles. The van der Waals surface area contributed by atoms with Crippen LogP contribution in [0.4, 0.5) is 0 Å². The van der Waals surface area contributed by atoms with Crippen LogP contribution in [0.15, 0.2) is 121 Å². The van der Waals surface area contributed by atoms with E-state index in [1.54, 1.807) is 0 Å². The minimum atomic E-state index is -0.513. The van der Waals surface area contributed by atoms with Crippen LogP contribution < -0.4 is 0 Å². The fourth-order valence-corrected chi connectivity index (χ4v) is 5.05. The maximum atomic E-state index is 6.69. The highest BCUT2D eigenvalue weighted by Crippen LogP contribution is 2.31. The molecule has 5 rings (SSSR count). The lowest BCUT2D eigenvalue weighted by molar-refractivity contribution is -0.261. The summed E-state index contributed by atoms with van der Waals surface area (Å²) in [5.41, 5.74) is 4.31. The lowest BCUT2D eigenvalue weighted by atomic mass is 9.94. The van der Waals surface area contributed by atoms with E-state index in [1.807, 2.05) is 91.9 Å². The number of hydrogen-bond acceptors (Lipinski definition) is 5. The van der Waals surface area contributed by atoms with Crippen molar-refractivity contribution in [2.75, 3.05) is 6.61 Å². The van der Waals surface area contributed by atoms with Crippen molar-refractivity contribution in [3.05, 3.63) is 144 Å². The van der Waals surface area contributed by atoms with Crippen molar-refractivity contribution in [3.8, 4) is 11.8 Å². The van der Waals surface area contributed by atoms with E-state index in [4.69, 9.17) is 23.7 Å². The Balaban J connectivity index is 1.41. The predicted octanol–water partition coefficient (Wildman–Crippen LogP) is 6.75. The van der Waals surface area contributed by atoms with Crippen molar-refractivity contribution >= 4 is 0 Å². The maximum Gasteiger partial charge on any atom is 0.147 e. The first-order valence-corrected chi connectivity index (χ1v) is 14.5. The molecule has 5 nitrogen and oxygen atoms in total. The largest absolute Gasteiger partial charge is 0.374 e. The fraction of sp³-hybridized carbons (Fsp3) is 0.297. The quantitative estimate of drug-likeness (QED) is 0.169. The molecule has 0 N–H and O–H groups in total. The number of ether oxygens (including phenoxy) is 5. The molecule has 1 aliphatic rings. The Bertz CT molecular complexity index is 1370. The first-order chi connectivity index (χ1) is 20.8. The summed E-state index contributed by atoms with van der Waals surface area (Å²) in [7, 11) is 0. The van der Waals surface area contributed by atoms with Gasteiger partial charge in [0.1, 0.15) is 30.5 Å². The molecule has 1 aliphatic heterocycles. The van der Waals surface area contributed by atoms with E-state index in [9.17, 15) is 0 Å². The summed E-state index contributed by atoms with van der Waals surface area (Å²) < 4.78 is 32.7. The molecule has 0 saturated carbocycles. The monoisotopic (exact) mass is 562 g/mol. The summed E-state index contributed by atoms with van der Waals surface area (Å²) in [4.78, 5) is 0. The van der Waals surface area contributed by atoms with Crippen LogP contribution in [0, 0.1) is 11.8 Å². The molecule has 0 radical (unpaired) electrons. The molecule has 3 unspecified atom stereocenters. The van der Waals surface area contributed by atoms with Crippen molar-refractivity contribution in [3.63, 3.8) is 0 Å². The van der Waals surface area contributed by atoms with Crippen molar-refractivity contribution in [2.45, 2.75) is 63.9 Å². The molecule has 0 aliphatic carbocycles. The SMILES string of the molecule is CC#C[C@@H]1OC(COCc2ccccc2)[C@@H](OCc2ccccc2)C(OCc2ccccc2)C1OCc1ccccc1. The normalized spacial score (nSPS) is 21.8. The van der Waals surface area contributed by atoms with E-state index in [0.29, 0.717) is 33.0 Å². The summed E-state index contributed by atoms with van der Waals surface area (Å²) in [6.07, 6.45) is -2.32. The molecule has 4 aromatic rings. The summed E-state index contributed by atoms with van der Waals surface area (Å²) in [5.74, 6) is 6.29. The van der Waals surface area contributed by atoms with Crippen LogP contribution in [0.2, 0.25) is 0 Å². The Kier molecular flexibility index (Phi) is 11.3. The summed E-state index contributed by atoms with van der Waals surface area (Å²) in [5, 5.41) is 0. The topological polar surface area (TPSA) is 46.2 Å². The molecule has 0 amide bonds. The molecule has 4 aromatic carbocycles. The van der Waals surface area contributed by atoms with E-state index < -0.39 is 30.5 Å². The van der Waals surface area contributed by atoms with Gasteiger partial charge in [-0.1, -0.05) is 127 Å². The molecule has 1 fully saturated rings. The number of hydrogen-bond donors (Lipinski definition) is 0. The van der Waals surface area contributed by atoms with E-state index in [2.05, 4.69) is 48.2 Å². The van der Waals surface area contributed by atoms with Gasteiger partial charge in [0.05, 0.1) is 33.0 Å². The Hall–Kier alpha value is -3.76. The average Bonchev–Trinajstić information content (AvgIpc) is 3.05. The third-order valence-electron chi connectivity index (χ3n) is 7.17. The van der Waals surface area contributed by atoms with Gasteiger partial charge in [-0.15, -0.1) is 5.92 Å². The smallest absolute Gasteiger partial charge is 0.147 e. The van der Waals surface area contributed by atoms with E-state index in [-0.39, 0.29) is 0 Å². The van der Waals surface area contributed by atoms with Crippen molar-refractivity contribution in [1.29, 1.82) is 0 Å². The van der Waals surface area contributed by atoms with Crippen LogP contribution in [0.1, 0.15) is 29.2 Å². The first-order valence-electron chi connectivity index (χ1n) is 14.5. The number of rotatable bonds is 13. The second-order valence-electron chi connectivity index (χ2n) is 10.3. The third kappa shape index (κ3) is 8.62. The highest BCUT2D eigenvalue weighted by atomic mass is 16.6. The summed E-state index contributed by atoms with van der Waals surface area (Å²) >= 11 is 0. The van der Waals surface area contributed by atoms with Gasteiger partial charge in [0.15, 0.2) is 0 Å². The van der Waals surface area contributed by atoms with Crippen LogP contribution in [-0.4, -0.2) is 37.1 Å². The Labute approximate surface area is 249 Å². The lowest BCUT2D eigenvalue weighted by Gasteiger charge is -2.45. The molecule has 1 saturated heterocycles. The fourth-order valence-electron chi connectivity index (χ4n) is 5.05. The number of benzene rings is 4. The summed E-state index contributed by atoms with van der Waals surface area (Å²) in [6.45, 7) is 3.84. The van der Waals surface area contributed by atoms with Crippen LogP contribution >= 0.6 is 0 Å². The zero-order valence-corrected chi connectivity index (χ0v) is 24.0. The molecule has 0 spiro atoms. The van der Waals surface area contributed by atoms with Gasteiger partial charge in [-0.2, -0.15) is 0 Å². The van der Waals surface area contributed by atoms with E-state index in [1.165, 1.54) is 0 Å². The Morgan fingerprint density at radius 2 is 0.929 bits per heavy atom. The highest BCUT2D eigenvalue weighted by molar-refractivity contribution is 5.18. The van der Waals surface area contributed by atoms with Gasteiger partial charge in [0.2, 0.25) is 0 Å². The average molecular weight is 563 g/mol. The highest BCUT2D eigenvalue weighted by Gasteiger charge is 2.48. The second kappa shape index (κ2) is 16.0. The molecule has 0 bridgehead atoms. The van der Waals surface area contributed by atoms with Gasteiger partial charge in [0.25, 0.3) is 0 Å². The van der Waals surface area contributed by atoms with Gasteiger partial charge in [-0.3, -0.25) is 0 Å². The molecule has 0 aromatic heterocycles. The van der Waals surface area contributed by atoms with Crippen molar-refractivity contribution < 1.29 is 23.7 Å². The molecule has 5 atom stereocenters. The third-order valence-corrected chi connectivity index (χ3v) is 7.17. The van der Waals surface area contributed by atoms with Crippen molar-refractivity contribution in [1.82, 2.24) is 0 Å². The van der Waals surface area contributed by atoms with E-state index >= 15 is 0 Å². The van der Waals surface area contributed by atoms with Crippen molar-refractivity contribution in [2.24, 2.45) is 0 Å². The lowest BCUT2D eigenvalue weighted by Crippen LogP contribution is -2.60. The van der Waals surface area contributed by atoms with Gasteiger partial charge in [-0.25, -0.2) is 0 Å². The van der Waals surface area contributed by atoms with Gasteiger partial charge < -0.3 is 23.7 Å². The summed E-state index contributed by atoms with van der Waals surface area (Å²) in [6, 6.07) is 40.5. The first kappa shape index (κ1) is 29.7. The van der Waals surface area contributed by atoms with Gasteiger partial charge in [0, 0.05) is 0 Å². The predicted molar refractivity (Wildman–Crippen MR) is 163 cm³/mol. The van der Waals surface area contributed by atoms with Crippen LogP contribution in [0.25, 0.3) is 0 Å². The van der Waals surface area contributed by atoms with E-state index in [0.717, 1.165) is 22.3 Å². The van der Waals surface area contributed by atoms with Crippen LogP contribution in [-0.2, 0) is 50.1 Å². The zero-order chi connectivity index (χ0) is 28.8.